The molecule has 0 saturated heterocycles. The minimum Gasteiger partial charge on any atom is -0.467 e. The van der Waals surface area contributed by atoms with Gasteiger partial charge in [-0.05, 0) is 30.2 Å². The summed E-state index contributed by atoms with van der Waals surface area (Å²) in [6.45, 7) is 2.64. The first-order chi connectivity index (χ1) is 14.3. The molecular weight excluding hydrogens is 397 g/mol. The number of rotatable bonds is 8. The molecule has 10 heteroatoms. The second-order valence-corrected chi connectivity index (χ2v) is 6.59. The first-order valence-corrected chi connectivity index (χ1v) is 9.10. The Bertz CT molecular complexity index is 898. The number of nitrogens with one attached hydrogen (secondary N) is 3. The number of amides is 4. The molecule has 0 radical (unpaired) electrons. The van der Waals surface area contributed by atoms with E-state index in [1.807, 2.05) is 5.32 Å². The Labute approximate surface area is 172 Å². The van der Waals surface area contributed by atoms with Gasteiger partial charge in [-0.15, -0.1) is 0 Å². The van der Waals surface area contributed by atoms with Crippen LogP contribution in [0.5, 0.6) is 0 Å². The Hall–Kier alpha value is -3.69. The number of esters is 1. The van der Waals surface area contributed by atoms with Gasteiger partial charge in [-0.2, -0.15) is 0 Å². The zero-order chi connectivity index (χ0) is 22.1. The maximum absolute atomic E-state index is 13.7. The van der Waals surface area contributed by atoms with E-state index in [1.165, 1.54) is 24.5 Å². The van der Waals surface area contributed by atoms with Crippen LogP contribution in [-0.4, -0.2) is 36.5 Å². The van der Waals surface area contributed by atoms with Gasteiger partial charge in [0.15, 0.2) is 6.61 Å². The molecule has 0 bridgehead atoms. The highest BCUT2D eigenvalue weighted by Gasteiger charge is 2.27. The SMILES string of the molecule is CC(C)[C@H](NC(=O)c1ccccc1F)C(=O)OCC(=O)NC(=O)NCc1ccco1. The van der Waals surface area contributed by atoms with E-state index in [0.717, 1.165) is 6.07 Å². The van der Waals surface area contributed by atoms with Crippen LogP contribution < -0.4 is 16.0 Å². The lowest BCUT2D eigenvalue weighted by atomic mass is 10.0. The number of imide groups is 1. The normalized spacial score (nSPS) is 11.5. The second-order valence-electron chi connectivity index (χ2n) is 6.59. The molecule has 1 heterocycles. The maximum Gasteiger partial charge on any atom is 0.329 e. The van der Waals surface area contributed by atoms with E-state index in [0.29, 0.717) is 5.76 Å². The molecule has 3 N–H and O–H groups in total. The van der Waals surface area contributed by atoms with Crippen molar-refractivity contribution in [2.24, 2.45) is 5.92 Å². The van der Waals surface area contributed by atoms with Crippen LogP contribution in [0.2, 0.25) is 0 Å². The molecule has 9 nitrogen and oxygen atoms in total. The molecule has 30 heavy (non-hydrogen) atoms. The first kappa shape index (κ1) is 22.6. The van der Waals surface area contributed by atoms with Crippen molar-refractivity contribution in [2.75, 3.05) is 6.61 Å². The third kappa shape index (κ3) is 6.73. The molecule has 0 aliphatic carbocycles. The summed E-state index contributed by atoms with van der Waals surface area (Å²) in [6.07, 6.45) is 1.44. The van der Waals surface area contributed by atoms with Crippen molar-refractivity contribution >= 4 is 23.8 Å². The number of carbonyl (C=O) groups excluding carboxylic acids is 4. The maximum atomic E-state index is 13.7. The van der Waals surface area contributed by atoms with Gasteiger partial charge in [-0.3, -0.25) is 14.9 Å². The van der Waals surface area contributed by atoms with Crippen LogP contribution in [0.25, 0.3) is 0 Å². The van der Waals surface area contributed by atoms with Gasteiger partial charge in [0.25, 0.3) is 11.8 Å². The molecule has 1 aromatic carbocycles. The van der Waals surface area contributed by atoms with E-state index in [9.17, 15) is 23.6 Å². The molecule has 0 saturated carbocycles. The van der Waals surface area contributed by atoms with Crippen molar-refractivity contribution in [1.82, 2.24) is 16.0 Å². The fourth-order valence-electron chi connectivity index (χ4n) is 2.38. The van der Waals surface area contributed by atoms with Crippen LogP contribution in [0.4, 0.5) is 9.18 Å². The Morgan fingerprint density at radius 3 is 2.47 bits per heavy atom. The van der Waals surface area contributed by atoms with Crippen LogP contribution in [0, 0.1) is 11.7 Å². The molecule has 0 aliphatic heterocycles. The highest BCUT2D eigenvalue weighted by atomic mass is 19.1. The van der Waals surface area contributed by atoms with Crippen molar-refractivity contribution < 1.29 is 32.7 Å². The van der Waals surface area contributed by atoms with Crippen molar-refractivity contribution in [3.05, 3.63) is 59.8 Å². The molecular formula is C20H22FN3O6. The molecule has 0 unspecified atom stereocenters. The van der Waals surface area contributed by atoms with Gasteiger partial charge in [0, 0.05) is 0 Å². The molecule has 1 atom stereocenters. The predicted octanol–water partition coefficient (Wildman–Crippen LogP) is 1.74. The van der Waals surface area contributed by atoms with Crippen LogP contribution in [0.3, 0.4) is 0 Å². The summed E-state index contributed by atoms with van der Waals surface area (Å²) in [5, 5.41) is 6.79. The summed E-state index contributed by atoms with van der Waals surface area (Å²) < 4.78 is 23.7. The van der Waals surface area contributed by atoms with Crippen LogP contribution in [0.15, 0.2) is 47.1 Å². The standard InChI is InChI=1S/C20H22FN3O6/c1-12(2)17(24-18(26)14-7-3-4-8-15(14)21)19(27)30-11-16(25)23-20(28)22-10-13-6-5-9-29-13/h3-9,12,17H,10-11H2,1-2H3,(H,24,26)(H2,22,23,25,28)/t17-/m0/s1. The van der Waals surface area contributed by atoms with Gasteiger partial charge in [0.1, 0.15) is 17.6 Å². The largest absolute Gasteiger partial charge is 0.467 e. The van der Waals surface area contributed by atoms with Crippen molar-refractivity contribution in [3.63, 3.8) is 0 Å². The van der Waals surface area contributed by atoms with Gasteiger partial charge in [-0.25, -0.2) is 14.0 Å². The lowest BCUT2D eigenvalue weighted by molar-refractivity contribution is -0.151. The average Bonchev–Trinajstić information content (AvgIpc) is 3.22. The predicted molar refractivity (Wildman–Crippen MR) is 103 cm³/mol. The van der Waals surface area contributed by atoms with E-state index in [-0.39, 0.29) is 12.1 Å². The summed E-state index contributed by atoms with van der Waals surface area (Å²) in [6, 6.07) is 6.71. The zero-order valence-corrected chi connectivity index (χ0v) is 16.4. The topological polar surface area (TPSA) is 127 Å². The minimum atomic E-state index is -1.11. The molecule has 1 aromatic heterocycles. The highest BCUT2D eigenvalue weighted by molar-refractivity contribution is 5.98. The number of hydrogen-bond donors (Lipinski definition) is 3. The molecule has 0 spiro atoms. The number of furan rings is 1. The first-order valence-electron chi connectivity index (χ1n) is 9.10. The molecule has 4 amide bonds. The van der Waals surface area contributed by atoms with E-state index >= 15 is 0 Å². The Kier molecular flexibility index (Phi) is 8.09. The lowest BCUT2D eigenvalue weighted by Crippen LogP contribution is -2.47. The third-order valence-electron chi connectivity index (χ3n) is 3.93. The van der Waals surface area contributed by atoms with Crippen LogP contribution in [0.1, 0.15) is 30.0 Å². The van der Waals surface area contributed by atoms with E-state index in [2.05, 4.69) is 10.6 Å². The molecule has 2 rings (SSSR count). The summed E-state index contributed by atoms with van der Waals surface area (Å²) in [7, 11) is 0. The van der Waals surface area contributed by atoms with Crippen LogP contribution >= 0.6 is 0 Å². The quantitative estimate of drug-likeness (QED) is 0.560. The van der Waals surface area contributed by atoms with Crippen LogP contribution in [-0.2, 0) is 20.9 Å². The van der Waals surface area contributed by atoms with Crippen molar-refractivity contribution in [3.8, 4) is 0 Å². The number of hydrogen-bond acceptors (Lipinski definition) is 6. The smallest absolute Gasteiger partial charge is 0.329 e. The zero-order valence-electron chi connectivity index (χ0n) is 16.4. The summed E-state index contributed by atoms with van der Waals surface area (Å²) in [4.78, 5) is 48.0. The lowest BCUT2D eigenvalue weighted by Gasteiger charge is -2.20. The van der Waals surface area contributed by atoms with Gasteiger partial charge in [-0.1, -0.05) is 26.0 Å². The Balaban J connectivity index is 1.82. The van der Waals surface area contributed by atoms with Gasteiger partial charge in [0.05, 0.1) is 18.4 Å². The van der Waals surface area contributed by atoms with Gasteiger partial charge in [0.2, 0.25) is 0 Å². The summed E-state index contributed by atoms with van der Waals surface area (Å²) >= 11 is 0. The Morgan fingerprint density at radius 2 is 1.83 bits per heavy atom. The molecule has 0 aliphatic rings. The highest BCUT2D eigenvalue weighted by Crippen LogP contribution is 2.10. The van der Waals surface area contributed by atoms with Crippen molar-refractivity contribution in [2.45, 2.75) is 26.4 Å². The Morgan fingerprint density at radius 1 is 1.10 bits per heavy atom. The minimum absolute atomic E-state index is 0.0728. The number of urea groups is 1. The molecule has 0 fully saturated rings. The second kappa shape index (κ2) is 10.7. The average molecular weight is 419 g/mol. The number of ether oxygens (including phenoxy) is 1. The monoisotopic (exact) mass is 419 g/mol. The van der Waals surface area contributed by atoms with Gasteiger partial charge < -0.3 is 19.8 Å². The third-order valence-corrected chi connectivity index (χ3v) is 3.93. The fraction of sp³-hybridized carbons (Fsp3) is 0.300. The molecule has 2 aromatic rings. The van der Waals surface area contributed by atoms with Crippen molar-refractivity contribution in [1.29, 1.82) is 0 Å². The number of carbonyl (C=O) groups is 4. The molecule has 160 valence electrons. The number of benzene rings is 1. The fourth-order valence-corrected chi connectivity index (χ4v) is 2.38. The van der Waals surface area contributed by atoms with Gasteiger partial charge >= 0.3 is 12.0 Å². The summed E-state index contributed by atoms with van der Waals surface area (Å²) in [5.74, 6) is -3.16. The van der Waals surface area contributed by atoms with E-state index < -0.39 is 48.2 Å². The van der Waals surface area contributed by atoms with E-state index in [4.69, 9.17) is 9.15 Å². The summed E-state index contributed by atoms with van der Waals surface area (Å²) in [5.41, 5.74) is -0.220. The number of halogens is 1. The van der Waals surface area contributed by atoms with E-state index in [1.54, 1.807) is 26.0 Å².